The summed E-state index contributed by atoms with van der Waals surface area (Å²) in [5.41, 5.74) is 0.578. The topological polar surface area (TPSA) is 138 Å². The standard InChI is InChI=1S/C13H15BrN2O6S/c14-9-3-7(1-2-11(9)17)4-10(13(19)20)16-6-8(5-12(16)18)23(15,21)22/h1-3,8,10,17H,4-6H2,(H,19,20)(H2,15,21,22)/t8?,10-/m0/s1. The number of likely N-dealkylation sites (tertiary alicyclic amines) is 1. The van der Waals surface area contributed by atoms with Crippen LogP contribution in [0.2, 0.25) is 0 Å². The van der Waals surface area contributed by atoms with E-state index < -0.39 is 33.2 Å². The number of nitrogens with two attached hydrogens (primary N) is 1. The van der Waals surface area contributed by atoms with Crippen LogP contribution in [0.5, 0.6) is 5.75 Å². The number of primary sulfonamides is 1. The number of aromatic hydroxyl groups is 1. The van der Waals surface area contributed by atoms with Crippen LogP contribution in [0.1, 0.15) is 12.0 Å². The van der Waals surface area contributed by atoms with Crippen LogP contribution in [-0.2, 0) is 26.0 Å². The van der Waals surface area contributed by atoms with Gasteiger partial charge in [-0.15, -0.1) is 0 Å². The number of hydrogen-bond acceptors (Lipinski definition) is 5. The molecule has 1 aromatic carbocycles. The van der Waals surface area contributed by atoms with E-state index in [-0.39, 0.29) is 25.1 Å². The van der Waals surface area contributed by atoms with Crippen LogP contribution in [-0.4, -0.2) is 53.2 Å². The summed E-state index contributed by atoms with van der Waals surface area (Å²) in [5, 5.41) is 22.8. The molecule has 1 amide bonds. The first-order chi connectivity index (χ1) is 10.6. The van der Waals surface area contributed by atoms with Crippen molar-refractivity contribution in [3.63, 3.8) is 0 Å². The molecule has 10 heteroatoms. The van der Waals surface area contributed by atoms with Gasteiger partial charge < -0.3 is 15.1 Å². The van der Waals surface area contributed by atoms with Gasteiger partial charge in [-0.2, -0.15) is 0 Å². The fourth-order valence-corrected chi connectivity index (χ4v) is 3.62. The zero-order chi connectivity index (χ0) is 17.4. The highest BCUT2D eigenvalue weighted by Crippen LogP contribution is 2.26. The minimum atomic E-state index is -3.91. The molecule has 0 aliphatic carbocycles. The second kappa shape index (κ2) is 6.46. The Morgan fingerprint density at radius 2 is 2.13 bits per heavy atom. The zero-order valence-electron chi connectivity index (χ0n) is 11.8. The Labute approximate surface area is 141 Å². The minimum Gasteiger partial charge on any atom is -0.507 e. The molecule has 126 valence electrons. The van der Waals surface area contributed by atoms with Crippen molar-refractivity contribution in [2.45, 2.75) is 24.1 Å². The molecule has 8 nitrogen and oxygen atoms in total. The van der Waals surface area contributed by atoms with Crippen LogP contribution in [0, 0.1) is 0 Å². The van der Waals surface area contributed by atoms with Gasteiger partial charge in [-0.05, 0) is 33.6 Å². The molecule has 0 bridgehead atoms. The van der Waals surface area contributed by atoms with Crippen LogP contribution >= 0.6 is 15.9 Å². The number of carbonyl (C=O) groups excluding carboxylic acids is 1. The predicted molar refractivity (Wildman–Crippen MR) is 84.2 cm³/mol. The number of amides is 1. The van der Waals surface area contributed by atoms with Crippen LogP contribution < -0.4 is 5.14 Å². The quantitative estimate of drug-likeness (QED) is 0.630. The fourth-order valence-electron chi connectivity index (χ4n) is 2.45. The number of aliphatic carboxylic acids is 1. The van der Waals surface area contributed by atoms with Crippen molar-refractivity contribution < 1.29 is 28.2 Å². The van der Waals surface area contributed by atoms with E-state index in [2.05, 4.69) is 15.9 Å². The molecule has 0 spiro atoms. The normalized spacial score (nSPS) is 19.8. The highest BCUT2D eigenvalue weighted by atomic mass is 79.9. The third-order valence-electron chi connectivity index (χ3n) is 3.69. The van der Waals surface area contributed by atoms with Gasteiger partial charge in [0, 0.05) is 19.4 Å². The van der Waals surface area contributed by atoms with Crippen molar-refractivity contribution >= 4 is 37.8 Å². The summed E-state index contributed by atoms with van der Waals surface area (Å²) in [6.07, 6.45) is -0.334. The van der Waals surface area contributed by atoms with Crippen LogP contribution in [0.4, 0.5) is 0 Å². The number of rotatable bonds is 5. The van der Waals surface area contributed by atoms with E-state index >= 15 is 0 Å². The number of carboxylic acid groups (broad SMARTS) is 1. The Bertz CT molecular complexity index is 751. The molecule has 4 N–H and O–H groups in total. The predicted octanol–water partition coefficient (Wildman–Crippen LogP) is 0.0398. The lowest BCUT2D eigenvalue weighted by Gasteiger charge is -2.24. The maximum absolute atomic E-state index is 12.0. The lowest BCUT2D eigenvalue weighted by Crippen LogP contribution is -2.44. The molecular formula is C13H15BrN2O6S. The summed E-state index contributed by atoms with van der Waals surface area (Å²) in [5.74, 6) is -1.79. The Balaban J connectivity index is 2.23. The first kappa shape index (κ1) is 17.7. The van der Waals surface area contributed by atoms with E-state index in [9.17, 15) is 28.2 Å². The monoisotopic (exact) mass is 406 g/mol. The molecule has 0 radical (unpaired) electrons. The molecule has 1 aliphatic rings. The largest absolute Gasteiger partial charge is 0.507 e. The van der Waals surface area contributed by atoms with Crippen molar-refractivity contribution in [3.8, 4) is 5.75 Å². The van der Waals surface area contributed by atoms with E-state index in [0.717, 1.165) is 4.90 Å². The van der Waals surface area contributed by atoms with Gasteiger partial charge in [0.25, 0.3) is 0 Å². The van der Waals surface area contributed by atoms with Crippen molar-refractivity contribution in [2.24, 2.45) is 5.14 Å². The fraction of sp³-hybridized carbons (Fsp3) is 0.385. The van der Waals surface area contributed by atoms with Crippen molar-refractivity contribution in [2.75, 3.05) is 6.54 Å². The lowest BCUT2D eigenvalue weighted by molar-refractivity contribution is -0.148. The Morgan fingerprint density at radius 3 is 2.61 bits per heavy atom. The van der Waals surface area contributed by atoms with E-state index in [0.29, 0.717) is 10.0 Å². The minimum absolute atomic E-state index is 0.00663. The first-order valence-electron chi connectivity index (χ1n) is 6.61. The molecule has 0 aromatic heterocycles. The van der Waals surface area contributed by atoms with Gasteiger partial charge >= 0.3 is 5.97 Å². The second-order valence-corrected chi connectivity index (χ2v) is 8.00. The number of carbonyl (C=O) groups is 2. The van der Waals surface area contributed by atoms with Crippen molar-refractivity contribution in [1.29, 1.82) is 0 Å². The van der Waals surface area contributed by atoms with Gasteiger partial charge in [-0.1, -0.05) is 6.07 Å². The maximum atomic E-state index is 12.0. The smallest absolute Gasteiger partial charge is 0.326 e. The molecule has 1 aliphatic heterocycles. The third kappa shape index (κ3) is 4.01. The molecule has 1 heterocycles. The van der Waals surface area contributed by atoms with Crippen LogP contribution in [0.25, 0.3) is 0 Å². The van der Waals surface area contributed by atoms with Gasteiger partial charge in [0.05, 0.1) is 4.47 Å². The van der Waals surface area contributed by atoms with Gasteiger partial charge in [-0.3, -0.25) is 4.79 Å². The van der Waals surface area contributed by atoms with E-state index in [1.807, 2.05) is 0 Å². The molecule has 23 heavy (non-hydrogen) atoms. The zero-order valence-corrected chi connectivity index (χ0v) is 14.2. The highest BCUT2D eigenvalue weighted by molar-refractivity contribution is 9.10. The van der Waals surface area contributed by atoms with Crippen LogP contribution in [0.3, 0.4) is 0 Å². The number of sulfonamides is 1. The number of benzene rings is 1. The number of halogens is 1. The third-order valence-corrected chi connectivity index (χ3v) is 5.57. The van der Waals surface area contributed by atoms with Gasteiger partial charge in [0.1, 0.15) is 17.0 Å². The number of carboxylic acids is 1. The molecule has 2 atom stereocenters. The van der Waals surface area contributed by atoms with E-state index in [1.54, 1.807) is 6.07 Å². The Hall–Kier alpha value is -1.65. The van der Waals surface area contributed by atoms with Gasteiger partial charge in [0.2, 0.25) is 15.9 Å². The lowest BCUT2D eigenvalue weighted by atomic mass is 10.0. The average Bonchev–Trinajstić information content (AvgIpc) is 2.81. The van der Waals surface area contributed by atoms with Crippen LogP contribution in [0.15, 0.2) is 22.7 Å². The molecule has 1 aromatic rings. The summed E-state index contributed by atoms with van der Waals surface area (Å²) in [4.78, 5) is 24.5. The Morgan fingerprint density at radius 1 is 1.48 bits per heavy atom. The Kier molecular flexibility index (Phi) is 4.97. The summed E-state index contributed by atoms with van der Waals surface area (Å²) < 4.78 is 23.1. The molecule has 1 fully saturated rings. The molecule has 0 saturated carbocycles. The number of nitrogens with zero attached hydrogens (tertiary/aromatic N) is 1. The summed E-state index contributed by atoms with van der Waals surface area (Å²) in [6.45, 7) is -0.242. The summed E-state index contributed by atoms with van der Waals surface area (Å²) in [6, 6.07) is 3.28. The maximum Gasteiger partial charge on any atom is 0.326 e. The van der Waals surface area contributed by atoms with E-state index in [1.165, 1.54) is 12.1 Å². The number of hydrogen-bond donors (Lipinski definition) is 3. The second-order valence-electron chi connectivity index (χ2n) is 5.31. The van der Waals surface area contributed by atoms with Gasteiger partial charge in [0.15, 0.2) is 0 Å². The molecule has 1 unspecified atom stereocenters. The first-order valence-corrected chi connectivity index (χ1v) is 9.01. The highest BCUT2D eigenvalue weighted by Gasteiger charge is 2.41. The average molecular weight is 407 g/mol. The summed E-state index contributed by atoms with van der Waals surface area (Å²) >= 11 is 3.13. The molecular weight excluding hydrogens is 392 g/mol. The van der Waals surface area contributed by atoms with Crippen molar-refractivity contribution in [3.05, 3.63) is 28.2 Å². The van der Waals surface area contributed by atoms with E-state index in [4.69, 9.17) is 5.14 Å². The summed E-state index contributed by atoms with van der Waals surface area (Å²) in [7, 11) is -3.91. The van der Waals surface area contributed by atoms with Gasteiger partial charge in [-0.25, -0.2) is 18.4 Å². The number of phenolic OH excluding ortho intramolecular Hbond substituents is 1. The number of phenols is 1. The molecule has 2 rings (SSSR count). The van der Waals surface area contributed by atoms with Crippen molar-refractivity contribution in [1.82, 2.24) is 4.90 Å². The SMILES string of the molecule is NS(=O)(=O)C1CC(=O)N([C@@H](Cc2ccc(O)c(Br)c2)C(=O)O)C1. The molecule has 1 saturated heterocycles.